The zero-order chi connectivity index (χ0) is 8.15. The number of amides is 1. The van der Waals surface area contributed by atoms with E-state index in [2.05, 4.69) is 10.1 Å². The van der Waals surface area contributed by atoms with E-state index in [1.165, 1.54) is 14.0 Å². The molecule has 4 nitrogen and oxygen atoms in total. The Bertz CT molecular complexity index is 144. The van der Waals surface area contributed by atoms with Gasteiger partial charge in [0.05, 0.1) is 13.2 Å². The first-order chi connectivity index (χ1) is 4.57. The van der Waals surface area contributed by atoms with E-state index in [1.54, 1.807) is 6.92 Å². The second kappa shape index (κ2) is 3.87. The van der Waals surface area contributed by atoms with Crippen LogP contribution in [0.15, 0.2) is 0 Å². The highest BCUT2D eigenvalue weighted by molar-refractivity contribution is 5.84. The lowest BCUT2D eigenvalue weighted by Gasteiger charge is -2.07. The minimum Gasteiger partial charge on any atom is -0.453 e. The lowest BCUT2D eigenvalue weighted by molar-refractivity contribution is -0.118. The third-order valence-corrected chi connectivity index (χ3v) is 1.13. The van der Waals surface area contributed by atoms with Crippen LogP contribution in [0.1, 0.15) is 13.8 Å². The van der Waals surface area contributed by atoms with Crippen molar-refractivity contribution in [2.24, 2.45) is 0 Å². The molecule has 1 atom stereocenters. The highest BCUT2D eigenvalue weighted by Crippen LogP contribution is 1.83. The molecular weight excluding hydrogens is 134 g/mol. The van der Waals surface area contributed by atoms with Gasteiger partial charge < -0.3 is 10.1 Å². The topological polar surface area (TPSA) is 55.4 Å². The molecule has 0 aliphatic carbocycles. The molecule has 0 unspecified atom stereocenters. The Morgan fingerprint density at radius 2 is 2.00 bits per heavy atom. The number of carbonyl (C=O) groups is 2. The maximum absolute atomic E-state index is 10.5. The van der Waals surface area contributed by atoms with Crippen LogP contribution in [0.2, 0.25) is 0 Å². The molecule has 0 aliphatic heterocycles. The Hall–Kier alpha value is -1.06. The molecule has 0 heterocycles. The fraction of sp³-hybridized carbons (Fsp3) is 0.667. The van der Waals surface area contributed by atoms with Gasteiger partial charge in [0.15, 0.2) is 5.78 Å². The molecule has 0 aromatic carbocycles. The fourth-order valence-corrected chi connectivity index (χ4v) is 0.337. The van der Waals surface area contributed by atoms with Crippen molar-refractivity contribution in [3.8, 4) is 0 Å². The van der Waals surface area contributed by atoms with E-state index in [0.717, 1.165) is 0 Å². The first-order valence-electron chi connectivity index (χ1n) is 2.93. The van der Waals surface area contributed by atoms with Crippen molar-refractivity contribution in [3.05, 3.63) is 0 Å². The Morgan fingerprint density at radius 3 is 2.30 bits per heavy atom. The maximum Gasteiger partial charge on any atom is 0.407 e. The van der Waals surface area contributed by atoms with Crippen LogP contribution in [0.3, 0.4) is 0 Å². The number of ether oxygens (including phenoxy) is 1. The van der Waals surface area contributed by atoms with Gasteiger partial charge in [-0.2, -0.15) is 0 Å². The smallest absolute Gasteiger partial charge is 0.407 e. The van der Waals surface area contributed by atoms with E-state index < -0.39 is 12.1 Å². The second-order valence-electron chi connectivity index (χ2n) is 1.97. The Balaban J connectivity index is 3.68. The number of nitrogens with one attached hydrogen (secondary N) is 1. The summed E-state index contributed by atoms with van der Waals surface area (Å²) in [7, 11) is 1.25. The summed E-state index contributed by atoms with van der Waals surface area (Å²) in [4.78, 5) is 21.0. The van der Waals surface area contributed by atoms with Crippen LogP contribution in [-0.2, 0) is 9.53 Å². The van der Waals surface area contributed by atoms with Crippen molar-refractivity contribution in [1.29, 1.82) is 0 Å². The SMILES string of the molecule is COC(=O)N[C@@H](C)C(C)=O. The van der Waals surface area contributed by atoms with E-state index in [0.29, 0.717) is 0 Å². The second-order valence-corrected chi connectivity index (χ2v) is 1.97. The van der Waals surface area contributed by atoms with Gasteiger partial charge in [0.2, 0.25) is 0 Å². The van der Waals surface area contributed by atoms with E-state index in [1.807, 2.05) is 0 Å². The van der Waals surface area contributed by atoms with Crippen LogP contribution in [0, 0.1) is 0 Å². The van der Waals surface area contributed by atoms with Gasteiger partial charge in [0, 0.05) is 0 Å². The summed E-state index contributed by atoms with van der Waals surface area (Å²) in [6.07, 6.45) is -0.581. The summed E-state index contributed by atoms with van der Waals surface area (Å²) in [6, 6.07) is -0.465. The monoisotopic (exact) mass is 145 g/mol. The van der Waals surface area contributed by atoms with Gasteiger partial charge in [0.25, 0.3) is 0 Å². The Kier molecular flexibility index (Phi) is 3.46. The molecule has 0 fully saturated rings. The first kappa shape index (κ1) is 8.94. The number of alkyl carbamates (subject to hydrolysis) is 1. The average Bonchev–Trinajstić information content (AvgIpc) is 1.87. The molecule has 0 aromatic rings. The normalized spacial score (nSPS) is 11.9. The summed E-state index contributed by atoms with van der Waals surface area (Å²) in [5.41, 5.74) is 0. The summed E-state index contributed by atoms with van der Waals surface area (Å²) < 4.78 is 4.27. The van der Waals surface area contributed by atoms with Crippen molar-refractivity contribution in [2.75, 3.05) is 7.11 Å². The predicted octanol–water partition coefficient (Wildman–Crippen LogP) is 0.320. The molecule has 0 spiro atoms. The number of hydrogen-bond donors (Lipinski definition) is 1. The van der Waals surface area contributed by atoms with Crippen LogP contribution in [0.25, 0.3) is 0 Å². The molecule has 0 saturated heterocycles. The maximum atomic E-state index is 10.5. The van der Waals surface area contributed by atoms with Gasteiger partial charge in [-0.25, -0.2) is 4.79 Å². The van der Waals surface area contributed by atoms with Crippen molar-refractivity contribution in [1.82, 2.24) is 5.32 Å². The minimum atomic E-state index is -0.581. The highest BCUT2D eigenvalue weighted by Gasteiger charge is 2.09. The van der Waals surface area contributed by atoms with Crippen LogP contribution in [0.5, 0.6) is 0 Å². The molecule has 10 heavy (non-hydrogen) atoms. The number of ketones is 1. The van der Waals surface area contributed by atoms with Gasteiger partial charge in [0.1, 0.15) is 0 Å². The van der Waals surface area contributed by atoms with E-state index in [4.69, 9.17) is 0 Å². The van der Waals surface area contributed by atoms with Gasteiger partial charge >= 0.3 is 6.09 Å². The van der Waals surface area contributed by atoms with Crippen molar-refractivity contribution < 1.29 is 14.3 Å². The summed E-state index contributed by atoms with van der Waals surface area (Å²) in [5, 5.41) is 2.32. The zero-order valence-electron chi connectivity index (χ0n) is 6.30. The molecular formula is C6H11NO3. The van der Waals surface area contributed by atoms with Crippen molar-refractivity contribution in [3.63, 3.8) is 0 Å². The van der Waals surface area contributed by atoms with Crippen LogP contribution in [-0.4, -0.2) is 25.0 Å². The van der Waals surface area contributed by atoms with Crippen LogP contribution >= 0.6 is 0 Å². The van der Waals surface area contributed by atoms with Gasteiger partial charge in [-0.1, -0.05) is 0 Å². The summed E-state index contributed by atoms with van der Waals surface area (Å²) >= 11 is 0. The molecule has 0 rings (SSSR count). The molecule has 0 saturated carbocycles. The standard InChI is InChI=1S/C6H11NO3/c1-4(5(2)8)7-6(9)10-3/h4H,1-3H3,(H,7,9)/t4-/m0/s1. The van der Waals surface area contributed by atoms with Crippen LogP contribution < -0.4 is 5.32 Å². The molecule has 0 bridgehead atoms. The molecule has 4 heteroatoms. The van der Waals surface area contributed by atoms with Gasteiger partial charge in [-0.05, 0) is 13.8 Å². The lowest BCUT2D eigenvalue weighted by atomic mass is 10.2. The average molecular weight is 145 g/mol. The first-order valence-corrected chi connectivity index (χ1v) is 2.93. The van der Waals surface area contributed by atoms with Crippen molar-refractivity contribution >= 4 is 11.9 Å². The lowest BCUT2D eigenvalue weighted by Crippen LogP contribution is -2.37. The van der Waals surface area contributed by atoms with Crippen molar-refractivity contribution in [2.45, 2.75) is 19.9 Å². The predicted molar refractivity (Wildman–Crippen MR) is 35.7 cm³/mol. The zero-order valence-corrected chi connectivity index (χ0v) is 6.30. The molecule has 58 valence electrons. The van der Waals surface area contributed by atoms with E-state index >= 15 is 0 Å². The van der Waals surface area contributed by atoms with Gasteiger partial charge in [-0.3, -0.25) is 4.79 Å². The number of hydrogen-bond acceptors (Lipinski definition) is 3. The third-order valence-electron chi connectivity index (χ3n) is 1.13. The fourth-order valence-electron chi connectivity index (χ4n) is 0.337. The van der Waals surface area contributed by atoms with E-state index in [-0.39, 0.29) is 5.78 Å². The number of carbonyl (C=O) groups excluding carboxylic acids is 2. The third kappa shape index (κ3) is 3.06. The molecule has 0 aromatic heterocycles. The Morgan fingerprint density at radius 1 is 1.50 bits per heavy atom. The minimum absolute atomic E-state index is 0.0922. The van der Waals surface area contributed by atoms with E-state index in [9.17, 15) is 9.59 Å². The number of Topliss-reactive ketones (excluding diaryl/α,β-unsaturated/α-hetero) is 1. The quantitative estimate of drug-likeness (QED) is 0.608. The molecule has 0 aliphatic rings. The highest BCUT2D eigenvalue weighted by atomic mass is 16.5. The van der Waals surface area contributed by atoms with Gasteiger partial charge in [-0.15, -0.1) is 0 Å². The van der Waals surface area contributed by atoms with Crippen LogP contribution in [0.4, 0.5) is 4.79 Å². The largest absolute Gasteiger partial charge is 0.453 e. The molecule has 1 amide bonds. The Labute approximate surface area is 59.6 Å². The summed E-state index contributed by atoms with van der Waals surface area (Å²) in [6.45, 7) is 3.00. The molecule has 0 radical (unpaired) electrons. The summed E-state index contributed by atoms with van der Waals surface area (Å²) in [5.74, 6) is -0.0922. The number of rotatable bonds is 2. The number of methoxy groups -OCH3 is 1. The molecule has 1 N–H and O–H groups in total.